The van der Waals surface area contributed by atoms with Crippen LogP contribution >= 0.6 is 11.6 Å². The molecular weight excluding hydrogens is 264 g/mol. The van der Waals surface area contributed by atoms with E-state index in [1.165, 1.54) is 6.33 Å². The van der Waals surface area contributed by atoms with E-state index in [0.29, 0.717) is 23.2 Å². The van der Waals surface area contributed by atoms with Crippen molar-refractivity contribution in [1.82, 2.24) is 19.5 Å². The van der Waals surface area contributed by atoms with Gasteiger partial charge in [0.15, 0.2) is 11.2 Å². The maximum absolute atomic E-state index is 5.85. The first kappa shape index (κ1) is 14.1. The molecule has 0 N–H and O–H groups in total. The molecule has 0 spiro atoms. The molecule has 0 amide bonds. The average molecular weight is 283 g/mol. The third kappa shape index (κ3) is 2.97. The van der Waals surface area contributed by atoms with E-state index in [1.54, 1.807) is 7.11 Å². The molecule has 0 fully saturated rings. The molecule has 2 aromatic rings. The fourth-order valence-electron chi connectivity index (χ4n) is 2.01. The van der Waals surface area contributed by atoms with Gasteiger partial charge in [-0.3, -0.25) is 0 Å². The summed E-state index contributed by atoms with van der Waals surface area (Å²) in [5.41, 5.74) is 1.54. The summed E-state index contributed by atoms with van der Waals surface area (Å²) in [5.74, 6) is 2.64. The molecule has 0 saturated carbocycles. The molecule has 0 radical (unpaired) electrons. The Morgan fingerprint density at radius 2 is 2.16 bits per heavy atom. The van der Waals surface area contributed by atoms with Gasteiger partial charge >= 0.3 is 0 Å². The highest BCUT2D eigenvalue weighted by Crippen LogP contribution is 2.22. The predicted octanol–water partition coefficient (Wildman–Crippen LogP) is 2.66. The Kier molecular flexibility index (Phi) is 4.58. The number of nitrogens with zero attached hydrogens (tertiary/aromatic N) is 4. The van der Waals surface area contributed by atoms with Crippen molar-refractivity contribution in [3.63, 3.8) is 0 Å². The van der Waals surface area contributed by atoms with Gasteiger partial charge in [-0.1, -0.05) is 13.8 Å². The number of ether oxygens (including phenoxy) is 1. The van der Waals surface area contributed by atoms with Gasteiger partial charge in [0.1, 0.15) is 12.2 Å². The summed E-state index contributed by atoms with van der Waals surface area (Å²) in [6, 6.07) is 0. The smallest absolute Gasteiger partial charge is 0.245 e. The molecule has 0 aromatic carbocycles. The summed E-state index contributed by atoms with van der Waals surface area (Å²) in [6.45, 7) is 5.30. The molecule has 5 nitrogen and oxygen atoms in total. The second kappa shape index (κ2) is 6.19. The number of hydrogen-bond donors (Lipinski definition) is 0. The van der Waals surface area contributed by atoms with Gasteiger partial charge in [0.2, 0.25) is 5.88 Å². The maximum atomic E-state index is 5.85. The van der Waals surface area contributed by atoms with Gasteiger partial charge in [0.25, 0.3) is 0 Å². The molecule has 2 heterocycles. The first-order chi connectivity index (χ1) is 9.17. The van der Waals surface area contributed by atoms with Crippen LogP contribution in [0.3, 0.4) is 0 Å². The van der Waals surface area contributed by atoms with Crippen LogP contribution in [0.1, 0.15) is 26.1 Å². The van der Waals surface area contributed by atoms with Crippen LogP contribution in [-0.4, -0.2) is 32.5 Å². The van der Waals surface area contributed by atoms with Crippen molar-refractivity contribution < 1.29 is 4.74 Å². The Morgan fingerprint density at radius 1 is 1.37 bits per heavy atom. The van der Waals surface area contributed by atoms with Crippen molar-refractivity contribution >= 4 is 22.8 Å². The molecule has 0 atom stereocenters. The van der Waals surface area contributed by atoms with Crippen LogP contribution < -0.4 is 4.74 Å². The number of aromatic nitrogens is 4. The largest absolute Gasteiger partial charge is 0.479 e. The van der Waals surface area contributed by atoms with Gasteiger partial charge in [0.05, 0.1) is 7.11 Å². The van der Waals surface area contributed by atoms with Crippen molar-refractivity contribution in [2.75, 3.05) is 13.0 Å². The topological polar surface area (TPSA) is 52.8 Å². The molecule has 0 unspecified atom stereocenters. The highest BCUT2D eigenvalue weighted by molar-refractivity contribution is 6.17. The second-order valence-corrected chi connectivity index (χ2v) is 5.23. The predicted molar refractivity (Wildman–Crippen MR) is 75.8 cm³/mol. The number of alkyl halides is 1. The molecule has 0 bridgehead atoms. The van der Waals surface area contributed by atoms with Crippen LogP contribution in [0.4, 0.5) is 0 Å². The quantitative estimate of drug-likeness (QED) is 0.765. The fraction of sp³-hybridized carbons (Fsp3) is 0.615. The van der Waals surface area contributed by atoms with Crippen molar-refractivity contribution in [2.24, 2.45) is 5.92 Å². The van der Waals surface area contributed by atoms with Gasteiger partial charge in [-0.15, -0.1) is 11.6 Å². The van der Waals surface area contributed by atoms with Gasteiger partial charge in [-0.25, -0.2) is 9.97 Å². The summed E-state index contributed by atoms with van der Waals surface area (Å²) >= 11 is 5.85. The van der Waals surface area contributed by atoms with Crippen molar-refractivity contribution in [3.8, 4) is 5.88 Å². The average Bonchev–Trinajstić information content (AvgIpc) is 2.74. The van der Waals surface area contributed by atoms with E-state index >= 15 is 0 Å². The van der Waals surface area contributed by atoms with Crippen LogP contribution in [0.2, 0.25) is 0 Å². The zero-order chi connectivity index (χ0) is 13.8. The molecular formula is C13H19ClN4O. The molecule has 19 heavy (non-hydrogen) atoms. The number of methoxy groups -OCH3 is 1. The molecule has 0 aliphatic rings. The first-order valence-corrected chi connectivity index (χ1v) is 7.00. The Balaban J connectivity index is 2.47. The lowest BCUT2D eigenvalue weighted by atomic mass is 10.1. The lowest BCUT2D eigenvalue weighted by molar-refractivity contribution is 0.401. The highest BCUT2D eigenvalue weighted by Gasteiger charge is 2.16. The van der Waals surface area contributed by atoms with Gasteiger partial charge < -0.3 is 9.30 Å². The molecule has 0 aliphatic heterocycles. The minimum Gasteiger partial charge on any atom is -0.479 e. The highest BCUT2D eigenvalue weighted by atomic mass is 35.5. The number of hydrogen-bond acceptors (Lipinski definition) is 4. The summed E-state index contributed by atoms with van der Waals surface area (Å²) in [7, 11) is 1.59. The number of rotatable bonds is 6. The number of aryl methyl sites for hydroxylation is 2. The van der Waals surface area contributed by atoms with E-state index in [-0.39, 0.29) is 0 Å². The Labute approximate surface area is 118 Å². The molecule has 6 heteroatoms. The van der Waals surface area contributed by atoms with Crippen molar-refractivity contribution in [3.05, 3.63) is 12.2 Å². The van der Waals surface area contributed by atoms with Gasteiger partial charge in [-0.05, 0) is 12.3 Å². The third-order valence-electron chi connectivity index (χ3n) is 3.02. The molecule has 0 saturated heterocycles. The van der Waals surface area contributed by atoms with E-state index in [0.717, 1.165) is 30.9 Å². The maximum Gasteiger partial charge on any atom is 0.245 e. The van der Waals surface area contributed by atoms with Crippen LogP contribution in [0.5, 0.6) is 5.88 Å². The van der Waals surface area contributed by atoms with E-state index in [1.807, 2.05) is 0 Å². The molecule has 104 valence electrons. The lowest BCUT2D eigenvalue weighted by Crippen LogP contribution is -2.07. The van der Waals surface area contributed by atoms with Crippen LogP contribution in [0.25, 0.3) is 11.2 Å². The minimum absolute atomic E-state index is 0.518. The Bertz CT molecular complexity index is 553. The molecule has 2 aromatic heterocycles. The Hall–Kier alpha value is -1.36. The third-order valence-corrected chi connectivity index (χ3v) is 3.21. The van der Waals surface area contributed by atoms with Crippen LogP contribution in [0, 0.1) is 5.92 Å². The van der Waals surface area contributed by atoms with Crippen molar-refractivity contribution in [1.29, 1.82) is 0 Å². The van der Waals surface area contributed by atoms with Crippen molar-refractivity contribution in [2.45, 2.75) is 33.2 Å². The summed E-state index contributed by atoms with van der Waals surface area (Å²) < 4.78 is 7.37. The lowest BCUT2D eigenvalue weighted by Gasteiger charge is -2.09. The summed E-state index contributed by atoms with van der Waals surface area (Å²) in [5, 5.41) is 0. The number of halogens is 1. The second-order valence-electron chi connectivity index (χ2n) is 4.86. The van der Waals surface area contributed by atoms with E-state index in [4.69, 9.17) is 16.3 Å². The monoisotopic (exact) mass is 282 g/mol. The molecule has 2 rings (SSSR count). The summed E-state index contributed by atoms with van der Waals surface area (Å²) in [4.78, 5) is 13.0. The minimum atomic E-state index is 0.518. The zero-order valence-corrected chi connectivity index (χ0v) is 12.3. The van der Waals surface area contributed by atoms with E-state index < -0.39 is 0 Å². The van der Waals surface area contributed by atoms with E-state index in [9.17, 15) is 0 Å². The summed E-state index contributed by atoms with van der Waals surface area (Å²) in [6.07, 6.45) is 3.31. The normalized spacial score (nSPS) is 11.4. The Morgan fingerprint density at radius 3 is 2.79 bits per heavy atom. The number of fused-ring (bicyclic) bond motifs is 1. The standard InChI is InChI=1S/C13H19ClN4O/c1-9(2)5-7-18-10(4-6-14)17-11-12(18)15-8-16-13(11)19-3/h8-9H,4-7H2,1-3H3. The number of imidazole rings is 1. The van der Waals surface area contributed by atoms with E-state index in [2.05, 4.69) is 33.4 Å². The van der Waals surface area contributed by atoms with Gasteiger partial charge in [-0.2, -0.15) is 4.98 Å². The SMILES string of the molecule is COc1ncnc2c1nc(CCCl)n2CCC(C)C. The van der Waals surface area contributed by atoms with Crippen LogP contribution in [-0.2, 0) is 13.0 Å². The van der Waals surface area contributed by atoms with Gasteiger partial charge in [0, 0.05) is 18.8 Å². The zero-order valence-electron chi connectivity index (χ0n) is 11.6. The molecule has 0 aliphatic carbocycles. The first-order valence-electron chi connectivity index (χ1n) is 6.47. The fourth-order valence-corrected chi connectivity index (χ4v) is 2.18. The van der Waals surface area contributed by atoms with Crippen LogP contribution in [0.15, 0.2) is 6.33 Å².